The van der Waals surface area contributed by atoms with Crippen molar-refractivity contribution in [1.29, 1.82) is 0 Å². The van der Waals surface area contributed by atoms with Gasteiger partial charge < -0.3 is 11.2 Å². The molecule has 1 nitrogen and oxygen atoms in total. The minimum absolute atomic E-state index is 0. The molecule has 0 aromatic rings. The first-order valence-electron chi connectivity index (χ1n) is 5.91. The Bertz CT molecular complexity index is 149. The third-order valence-corrected chi connectivity index (χ3v) is 2.94. The van der Waals surface area contributed by atoms with Crippen LogP contribution in [0.2, 0.25) is 0 Å². The molecule has 0 aromatic carbocycles. The Labute approximate surface area is 130 Å². The van der Waals surface area contributed by atoms with E-state index in [-0.39, 0.29) is 17.1 Å². The van der Waals surface area contributed by atoms with Crippen LogP contribution >= 0.6 is 8.25 Å². The van der Waals surface area contributed by atoms with Gasteiger partial charge in [0.05, 0.1) is 0 Å². The second-order valence-electron chi connectivity index (χ2n) is 4.15. The fourth-order valence-corrected chi connectivity index (χ4v) is 2.03. The molecule has 0 radical (unpaired) electrons. The summed E-state index contributed by atoms with van der Waals surface area (Å²) in [5.74, 6) is 0.637. The van der Waals surface area contributed by atoms with Crippen LogP contribution < -0.4 is 0 Å². The first-order chi connectivity index (χ1) is 7.30. The van der Waals surface area contributed by atoms with Crippen LogP contribution in [0.3, 0.4) is 0 Å². The van der Waals surface area contributed by atoms with E-state index < -0.39 is 0 Å². The molecule has 90 valence electrons. The maximum Gasteiger partial charge on any atom is 2.00 e. The van der Waals surface area contributed by atoms with Crippen LogP contribution in [0.4, 0.5) is 0 Å². The molecule has 4 heteroatoms. The van der Waals surface area contributed by atoms with E-state index in [2.05, 4.69) is 6.42 Å². The average Bonchev–Trinajstić information content (AvgIpc) is 2.97. The summed E-state index contributed by atoms with van der Waals surface area (Å²) in [4.78, 5) is 10.6. The van der Waals surface area contributed by atoms with Gasteiger partial charge in [-0.3, -0.25) is 0 Å². The zero-order valence-electron chi connectivity index (χ0n) is 10.2. The van der Waals surface area contributed by atoms with Gasteiger partial charge in [-0.1, -0.05) is 44.9 Å². The molecule has 0 heterocycles. The second kappa shape index (κ2) is 14.5. The van der Waals surface area contributed by atoms with Crippen LogP contribution in [0.1, 0.15) is 58.3 Å². The number of Topliss-reactive ketones (excluding diaryl/α,β-unsaturated/α-hetero) is 1. The predicted octanol–water partition coefficient (Wildman–Crippen LogP) is 4.21. The average molecular weight is 473 g/mol. The Balaban J connectivity index is 0. The SMILES string of the molecule is C1CCCC1.CC(=O)C1[CH-]CCC1.[Cl][Hg+].[Fe+2]. The fourth-order valence-electron chi connectivity index (χ4n) is 2.03. The van der Waals surface area contributed by atoms with E-state index in [1.54, 1.807) is 6.92 Å². The van der Waals surface area contributed by atoms with Gasteiger partial charge in [0.1, 0.15) is 5.78 Å². The quantitative estimate of drug-likeness (QED) is 0.412. The molecule has 0 aliphatic heterocycles. The normalized spacial score (nSPS) is 22.1. The van der Waals surface area contributed by atoms with Crippen LogP contribution in [0.25, 0.3) is 0 Å². The van der Waals surface area contributed by atoms with Crippen molar-refractivity contribution in [3.05, 3.63) is 6.42 Å². The molecule has 2 rings (SSSR count). The summed E-state index contributed by atoms with van der Waals surface area (Å²) in [5, 5.41) is 0. The number of rotatable bonds is 1. The monoisotopic (exact) mass is 474 g/mol. The first kappa shape index (κ1) is 19.7. The van der Waals surface area contributed by atoms with Crippen LogP contribution in [0, 0.1) is 12.3 Å². The number of halogens is 1. The third kappa shape index (κ3) is 10.6. The van der Waals surface area contributed by atoms with Gasteiger partial charge in [-0.05, 0) is 6.92 Å². The van der Waals surface area contributed by atoms with Gasteiger partial charge >= 0.3 is 50.2 Å². The molecule has 1 unspecified atom stereocenters. The molecule has 0 saturated heterocycles. The molecule has 0 N–H and O–H groups in total. The summed E-state index contributed by atoms with van der Waals surface area (Å²) < 4.78 is 0. The molecular weight excluding hydrogens is 452 g/mol. The molecule has 2 aliphatic carbocycles. The maximum absolute atomic E-state index is 10.6. The van der Waals surface area contributed by atoms with Crippen LogP contribution in [-0.4, -0.2) is 5.78 Å². The van der Waals surface area contributed by atoms with E-state index in [0.29, 0.717) is 36.6 Å². The zero-order chi connectivity index (χ0) is 11.5. The van der Waals surface area contributed by atoms with E-state index in [4.69, 9.17) is 8.25 Å². The van der Waals surface area contributed by atoms with Crippen molar-refractivity contribution < 1.29 is 46.8 Å². The number of carbonyl (C=O) groups is 1. The minimum atomic E-state index is 0. The summed E-state index contributed by atoms with van der Waals surface area (Å²) >= 11 is 0.500. The fraction of sp³-hybridized carbons (Fsp3) is 0.833. The smallest absolute Gasteiger partial charge is 2.00 e. The summed E-state index contributed by atoms with van der Waals surface area (Å²) in [6, 6.07) is 0. The molecule has 2 fully saturated rings. The summed E-state index contributed by atoms with van der Waals surface area (Å²) in [5.41, 5.74) is 0. The molecule has 2 aliphatic rings. The Morgan fingerprint density at radius 2 is 1.56 bits per heavy atom. The van der Waals surface area contributed by atoms with Crippen molar-refractivity contribution >= 4 is 14.0 Å². The minimum Gasteiger partial charge on any atom is 2.00 e. The van der Waals surface area contributed by atoms with Gasteiger partial charge in [0, 0.05) is 0 Å². The van der Waals surface area contributed by atoms with Crippen molar-refractivity contribution in [3.63, 3.8) is 0 Å². The van der Waals surface area contributed by atoms with Gasteiger partial charge in [0.15, 0.2) is 0 Å². The Morgan fingerprint density at radius 1 is 1.12 bits per heavy atom. The molecule has 0 bridgehead atoms. The number of ketones is 1. The van der Waals surface area contributed by atoms with Gasteiger partial charge in [0.2, 0.25) is 0 Å². The molecule has 1 atom stereocenters. The van der Waals surface area contributed by atoms with Crippen LogP contribution in [0.15, 0.2) is 0 Å². The van der Waals surface area contributed by atoms with E-state index >= 15 is 0 Å². The summed E-state index contributed by atoms with van der Waals surface area (Å²) in [6.45, 7) is 1.67. The Morgan fingerprint density at radius 3 is 1.75 bits per heavy atom. The Hall–Kier alpha value is 1.41. The number of hydrogen-bond acceptors (Lipinski definition) is 1. The topological polar surface area (TPSA) is 17.1 Å². The molecule has 2 saturated carbocycles. The van der Waals surface area contributed by atoms with E-state index in [9.17, 15) is 4.79 Å². The second-order valence-corrected chi connectivity index (χ2v) is 4.15. The van der Waals surface area contributed by atoms with Crippen molar-refractivity contribution in [1.82, 2.24) is 0 Å². The molecule has 0 amide bonds. The largest absolute Gasteiger partial charge is 2.00 e. The molecule has 0 spiro atoms. The van der Waals surface area contributed by atoms with Crippen LogP contribution in [0.5, 0.6) is 0 Å². The molecule has 0 aromatic heterocycles. The van der Waals surface area contributed by atoms with Gasteiger partial charge in [-0.15, -0.1) is 5.92 Å². The van der Waals surface area contributed by atoms with Crippen molar-refractivity contribution in [2.75, 3.05) is 0 Å². The van der Waals surface area contributed by atoms with Crippen LogP contribution in [-0.2, 0) is 46.8 Å². The summed E-state index contributed by atoms with van der Waals surface area (Å²) in [6.07, 6.45) is 13.1. The van der Waals surface area contributed by atoms with E-state index in [0.717, 1.165) is 12.8 Å². The number of carbonyl (C=O) groups excluding carboxylic acids is 1. The first-order valence-corrected chi connectivity index (χ1v) is 12.7. The molecular formula is C12H21ClFeHgO+2. The zero-order valence-corrected chi connectivity index (χ0v) is 17.5. The Kier molecular flexibility index (Phi) is 17.9. The molecule has 16 heavy (non-hydrogen) atoms. The summed E-state index contributed by atoms with van der Waals surface area (Å²) in [7, 11) is 4.83. The van der Waals surface area contributed by atoms with Gasteiger partial charge in [-0.2, -0.15) is 6.42 Å². The van der Waals surface area contributed by atoms with Crippen molar-refractivity contribution in [2.24, 2.45) is 5.92 Å². The van der Waals surface area contributed by atoms with E-state index in [1.165, 1.54) is 38.5 Å². The van der Waals surface area contributed by atoms with Gasteiger partial charge in [-0.25, -0.2) is 0 Å². The third-order valence-electron chi connectivity index (χ3n) is 2.94. The van der Waals surface area contributed by atoms with Crippen molar-refractivity contribution in [3.8, 4) is 0 Å². The standard InChI is InChI=1S/C7H11O.C5H10.ClH.Fe.Hg/c1-6(8)7-4-2-3-5-7;1-2-4-5-3-1;;;/h4,7H,2-3,5H2,1H3;1-5H2;1H;;/q-1;;;2*+2/p-1. The number of hydrogen-bond donors (Lipinski definition) is 0. The maximum atomic E-state index is 10.6. The van der Waals surface area contributed by atoms with Crippen molar-refractivity contribution in [2.45, 2.75) is 58.3 Å². The predicted molar refractivity (Wildman–Crippen MR) is 61.3 cm³/mol. The van der Waals surface area contributed by atoms with Gasteiger partial charge in [0.25, 0.3) is 0 Å². The van der Waals surface area contributed by atoms with E-state index in [1.807, 2.05) is 0 Å².